The second-order valence-electron chi connectivity index (χ2n) is 6.27. The smallest absolute Gasteiger partial charge is 0.262 e. The van der Waals surface area contributed by atoms with Crippen LogP contribution in [-0.2, 0) is 12.8 Å². The predicted octanol–water partition coefficient (Wildman–Crippen LogP) is 2.50. The van der Waals surface area contributed by atoms with Crippen LogP contribution < -0.4 is 5.56 Å². The van der Waals surface area contributed by atoms with Crippen LogP contribution in [0.4, 0.5) is 0 Å². The van der Waals surface area contributed by atoms with E-state index in [0.717, 1.165) is 11.2 Å². The van der Waals surface area contributed by atoms with Gasteiger partial charge in [0.05, 0.1) is 22.3 Å². The van der Waals surface area contributed by atoms with Crippen molar-refractivity contribution in [3.63, 3.8) is 0 Å². The van der Waals surface area contributed by atoms with Gasteiger partial charge in [-0.2, -0.15) is 4.68 Å². The number of fused-ring (bicyclic) bond motifs is 3. The molecule has 0 aliphatic heterocycles. The van der Waals surface area contributed by atoms with Crippen molar-refractivity contribution in [2.75, 3.05) is 0 Å². The summed E-state index contributed by atoms with van der Waals surface area (Å²) in [6.45, 7) is 0. The molecular formula is C18H13ClN8OS. The third-order valence-corrected chi connectivity index (χ3v) is 5.70. The highest BCUT2D eigenvalue weighted by Gasteiger charge is 2.16. The van der Waals surface area contributed by atoms with Crippen LogP contribution in [0.2, 0.25) is 5.02 Å². The molecule has 5 aromatic rings. The van der Waals surface area contributed by atoms with Crippen LogP contribution in [0.15, 0.2) is 58.5 Å². The van der Waals surface area contributed by atoms with Crippen molar-refractivity contribution in [1.82, 2.24) is 39.4 Å². The van der Waals surface area contributed by atoms with E-state index < -0.39 is 0 Å². The van der Waals surface area contributed by atoms with Gasteiger partial charge in [-0.1, -0.05) is 35.5 Å². The van der Waals surface area contributed by atoms with E-state index in [9.17, 15) is 4.79 Å². The molecule has 0 bridgehead atoms. The molecule has 0 fully saturated rings. The fourth-order valence-electron chi connectivity index (χ4n) is 3.13. The number of aromatic nitrogens is 8. The third kappa shape index (κ3) is 2.97. The van der Waals surface area contributed by atoms with Gasteiger partial charge in [-0.3, -0.25) is 13.8 Å². The Kier molecular flexibility index (Phi) is 4.29. The summed E-state index contributed by atoms with van der Waals surface area (Å²) in [5.41, 5.74) is 1.47. The van der Waals surface area contributed by atoms with E-state index in [0.29, 0.717) is 32.9 Å². The Morgan fingerprint density at radius 1 is 1.03 bits per heavy atom. The lowest BCUT2D eigenvalue weighted by Crippen LogP contribution is -2.20. The molecule has 0 radical (unpaired) electrons. The fraction of sp³-hybridized carbons (Fsp3) is 0.111. The second kappa shape index (κ2) is 6.98. The molecule has 29 heavy (non-hydrogen) atoms. The Morgan fingerprint density at radius 2 is 1.83 bits per heavy atom. The summed E-state index contributed by atoms with van der Waals surface area (Å²) in [6.07, 6.45) is 0. The Hall–Kier alpha value is -3.24. The normalized spacial score (nSPS) is 11.5. The molecule has 0 N–H and O–H groups in total. The minimum absolute atomic E-state index is 0.105. The highest BCUT2D eigenvalue weighted by Crippen LogP contribution is 2.24. The van der Waals surface area contributed by atoms with Gasteiger partial charge in [-0.25, -0.2) is 0 Å². The minimum Gasteiger partial charge on any atom is -0.279 e. The van der Waals surface area contributed by atoms with Gasteiger partial charge >= 0.3 is 0 Å². The monoisotopic (exact) mass is 424 g/mol. The molecule has 144 valence electrons. The first-order chi connectivity index (χ1) is 14.1. The van der Waals surface area contributed by atoms with E-state index in [2.05, 4.69) is 25.7 Å². The number of rotatable bonds is 4. The molecule has 3 aromatic heterocycles. The van der Waals surface area contributed by atoms with E-state index in [1.165, 1.54) is 16.3 Å². The summed E-state index contributed by atoms with van der Waals surface area (Å²) < 4.78 is 5.03. The molecule has 2 aromatic carbocycles. The molecule has 0 atom stereocenters. The van der Waals surface area contributed by atoms with Crippen LogP contribution in [0.1, 0.15) is 5.82 Å². The van der Waals surface area contributed by atoms with Gasteiger partial charge in [-0.05, 0) is 46.8 Å². The summed E-state index contributed by atoms with van der Waals surface area (Å²) in [7, 11) is 1.69. The zero-order chi connectivity index (χ0) is 20.0. The molecule has 5 rings (SSSR count). The van der Waals surface area contributed by atoms with Crippen molar-refractivity contribution in [2.24, 2.45) is 7.05 Å². The van der Waals surface area contributed by atoms with Gasteiger partial charge in [0, 0.05) is 12.1 Å². The van der Waals surface area contributed by atoms with Gasteiger partial charge in [0.25, 0.3) is 5.56 Å². The lowest BCUT2D eigenvalue weighted by molar-refractivity contribution is 0.756. The SMILES string of the molecule is Cn1c(=O)c2ccccc2n2c(CSc3nnnn3-c3ccc(Cl)cc3)nnc12. The first kappa shape index (κ1) is 17.8. The van der Waals surface area contributed by atoms with Crippen molar-refractivity contribution in [3.8, 4) is 5.69 Å². The number of halogens is 1. The molecule has 0 aliphatic carbocycles. The van der Waals surface area contributed by atoms with Crippen molar-refractivity contribution in [3.05, 3.63) is 69.7 Å². The molecule has 11 heteroatoms. The number of benzene rings is 2. The lowest BCUT2D eigenvalue weighted by atomic mass is 10.2. The van der Waals surface area contributed by atoms with Crippen LogP contribution in [0, 0.1) is 0 Å². The van der Waals surface area contributed by atoms with Crippen molar-refractivity contribution in [1.29, 1.82) is 0 Å². The van der Waals surface area contributed by atoms with Crippen LogP contribution >= 0.6 is 23.4 Å². The number of tetrazole rings is 1. The zero-order valence-corrected chi connectivity index (χ0v) is 16.7. The number of hydrogen-bond acceptors (Lipinski definition) is 7. The molecule has 0 spiro atoms. The summed E-state index contributed by atoms with van der Waals surface area (Å²) in [4.78, 5) is 12.6. The fourth-order valence-corrected chi connectivity index (χ4v) is 4.06. The van der Waals surface area contributed by atoms with Crippen LogP contribution in [0.3, 0.4) is 0 Å². The van der Waals surface area contributed by atoms with E-state index in [1.807, 2.05) is 34.7 Å². The van der Waals surface area contributed by atoms with Gasteiger partial charge in [0.1, 0.15) is 5.82 Å². The number of para-hydroxylation sites is 1. The Balaban J connectivity index is 1.54. The second-order valence-corrected chi connectivity index (χ2v) is 7.65. The summed E-state index contributed by atoms with van der Waals surface area (Å²) in [5.74, 6) is 1.65. The Morgan fingerprint density at radius 3 is 2.66 bits per heavy atom. The maximum atomic E-state index is 12.6. The Labute approximate surface area is 172 Å². The quantitative estimate of drug-likeness (QED) is 0.409. The van der Waals surface area contributed by atoms with E-state index in [4.69, 9.17) is 11.6 Å². The van der Waals surface area contributed by atoms with Gasteiger partial charge in [0.2, 0.25) is 10.9 Å². The first-order valence-electron chi connectivity index (χ1n) is 8.62. The topological polar surface area (TPSA) is 95.8 Å². The largest absolute Gasteiger partial charge is 0.279 e. The zero-order valence-electron chi connectivity index (χ0n) is 15.1. The summed E-state index contributed by atoms with van der Waals surface area (Å²) >= 11 is 7.39. The highest BCUT2D eigenvalue weighted by molar-refractivity contribution is 7.98. The molecule has 0 saturated heterocycles. The van der Waals surface area contributed by atoms with Gasteiger partial charge < -0.3 is 0 Å². The lowest BCUT2D eigenvalue weighted by Gasteiger charge is -2.08. The van der Waals surface area contributed by atoms with Gasteiger partial charge in [0.15, 0.2) is 0 Å². The molecular weight excluding hydrogens is 412 g/mol. The van der Waals surface area contributed by atoms with Crippen LogP contribution in [0.5, 0.6) is 0 Å². The number of nitrogens with zero attached hydrogens (tertiary/aromatic N) is 8. The molecule has 0 saturated carbocycles. The first-order valence-corrected chi connectivity index (χ1v) is 9.99. The predicted molar refractivity (Wildman–Crippen MR) is 109 cm³/mol. The Bertz CT molecular complexity index is 1410. The number of hydrogen-bond donors (Lipinski definition) is 0. The summed E-state index contributed by atoms with van der Waals surface area (Å²) in [6, 6.07) is 14.7. The average Bonchev–Trinajstić information content (AvgIpc) is 3.38. The molecule has 3 heterocycles. The maximum Gasteiger partial charge on any atom is 0.262 e. The third-order valence-electron chi connectivity index (χ3n) is 4.54. The van der Waals surface area contributed by atoms with Crippen molar-refractivity contribution in [2.45, 2.75) is 10.9 Å². The van der Waals surface area contributed by atoms with E-state index >= 15 is 0 Å². The van der Waals surface area contributed by atoms with Crippen LogP contribution in [-0.4, -0.2) is 39.4 Å². The van der Waals surface area contributed by atoms with Crippen molar-refractivity contribution >= 4 is 40.0 Å². The molecule has 0 amide bonds. The maximum absolute atomic E-state index is 12.6. The average molecular weight is 425 g/mol. The van der Waals surface area contributed by atoms with E-state index in [-0.39, 0.29) is 5.56 Å². The van der Waals surface area contributed by atoms with E-state index in [1.54, 1.807) is 29.9 Å². The molecule has 0 unspecified atom stereocenters. The number of thioether (sulfide) groups is 1. The standard InChI is InChI=1S/C18H13ClN8OS/c1-25-16(28)13-4-2-3-5-14(13)26-15(20-21-17(25)26)10-29-18-22-23-24-27(18)12-8-6-11(19)7-9-12/h2-9H,10H2,1H3. The summed E-state index contributed by atoms with van der Waals surface area (Å²) in [5, 5.41) is 22.3. The van der Waals surface area contributed by atoms with Gasteiger partial charge in [-0.15, -0.1) is 15.3 Å². The van der Waals surface area contributed by atoms with Crippen LogP contribution in [0.25, 0.3) is 22.4 Å². The molecule has 9 nitrogen and oxygen atoms in total. The number of aryl methyl sites for hydroxylation is 1. The molecule has 0 aliphatic rings. The highest BCUT2D eigenvalue weighted by atomic mass is 35.5. The van der Waals surface area contributed by atoms with Crippen molar-refractivity contribution < 1.29 is 0 Å². The minimum atomic E-state index is -0.105.